The summed E-state index contributed by atoms with van der Waals surface area (Å²) in [7, 11) is -0.547. The van der Waals surface area contributed by atoms with E-state index in [0.717, 1.165) is 12.1 Å². The number of hydrogen-bond donors (Lipinski definition) is 2. The molecular formula is C19H26N4O3S2. The summed E-state index contributed by atoms with van der Waals surface area (Å²) in [5.74, 6) is 0.000156. The molecule has 2 heterocycles. The lowest BCUT2D eigenvalue weighted by atomic mass is 10.1. The summed E-state index contributed by atoms with van der Waals surface area (Å²) >= 11 is 1.74. The minimum atomic E-state index is -3.55. The van der Waals surface area contributed by atoms with E-state index in [0.29, 0.717) is 25.3 Å². The van der Waals surface area contributed by atoms with Crippen LogP contribution in [0.5, 0.6) is 0 Å². The molecule has 1 aliphatic rings. The van der Waals surface area contributed by atoms with Crippen LogP contribution >= 0.6 is 11.3 Å². The predicted octanol–water partition coefficient (Wildman–Crippen LogP) is 2.43. The topological polar surface area (TPSA) is 81.8 Å². The zero-order chi connectivity index (χ0) is 20.3. The van der Waals surface area contributed by atoms with Crippen LogP contribution in [0.4, 0.5) is 11.4 Å². The number of anilines is 2. The van der Waals surface area contributed by atoms with Gasteiger partial charge in [-0.15, -0.1) is 11.3 Å². The van der Waals surface area contributed by atoms with Crippen molar-refractivity contribution in [3.8, 4) is 0 Å². The summed E-state index contributed by atoms with van der Waals surface area (Å²) in [6, 6.07) is 6.95. The van der Waals surface area contributed by atoms with E-state index in [1.54, 1.807) is 29.5 Å². The summed E-state index contributed by atoms with van der Waals surface area (Å²) in [6.45, 7) is 4.11. The van der Waals surface area contributed by atoms with Gasteiger partial charge in [0.25, 0.3) is 0 Å². The molecule has 0 atom stereocenters. The van der Waals surface area contributed by atoms with E-state index >= 15 is 0 Å². The van der Waals surface area contributed by atoms with Gasteiger partial charge in [-0.05, 0) is 48.6 Å². The van der Waals surface area contributed by atoms with E-state index in [-0.39, 0.29) is 17.3 Å². The lowest BCUT2D eigenvalue weighted by molar-refractivity contribution is -0.130. The molecule has 1 aliphatic heterocycles. The highest BCUT2D eigenvalue weighted by Gasteiger charge is 2.22. The predicted molar refractivity (Wildman–Crippen MR) is 113 cm³/mol. The van der Waals surface area contributed by atoms with Crippen molar-refractivity contribution in [1.29, 1.82) is 0 Å². The molecule has 1 aromatic heterocycles. The number of sulfonamides is 1. The minimum Gasteiger partial charge on any atom is -0.384 e. The van der Waals surface area contributed by atoms with Crippen LogP contribution in [-0.2, 0) is 27.8 Å². The molecule has 0 saturated heterocycles. The molecule has 0 unspecified atom stereocenters. The lowest BCUT2D eigenvalue weighted by Crippen LogP contribution is -2.38. The van der Waals surface area contributed by atoms with Gasteiger partial charge in [-0.25, -0.2) is 12.7 Å². The monoisotopic (exact) mass is 422 g/mol. The van der Waals surface area contributed by atoms with E-state index in [2.05, 4.69) is 22.1 Å². The molecule has 0 saturated carbocycles. The Morgan fingerprint density at radius 2 is 2.00 bits per heavy atom. The van der Waals surface area contributed by atoms with Crippen molar-refractivity contribution in [2.75, 3.05) is 44.4 Å². The fraction of sp³-hybridized carbons (Fsp3) is 0.421. The third kappa shape index (κ3) is 4.31. The lowest BCUT2D eigenvalue weighted by Gasteiger charge is -2.27. The van der Waals surface area contributed by atoms with E-state index in [9.17, 15) is 13.2 Å². The average molecular weight is 423 g/mol. The maximum atomic E-state index is 12.7. The number of fused-ring (bicyclic) bond motifs is 1. The molecule has 0 aliphatic carbocycles. The number of nitrogens with zero attached hydrogens (tertiary/aromatic N) is 2. The Morgan fingerprint density at radius 1 is 1.21 bits per heavy atom. The second-order valence-electron chi connectivity index (χ2n) is 6.81. The normalized spacial score (nSPS) is 14.1. The van der Waals surface area contributed by atoms with Crippen molar-refractivity contribution in [3.05, 3.63) is 40.1 Å². The van der Waals surface area contributed by atoms with Gasteiger partial charge >= 0.3 is 0 Å². The Hall–Kier alpha value is -2.10. The Balaban J connectivity index is 1.74. The number of carbonyl (C=O) groups excluding carboxylic acids is 1. The molecule has 2 N–H and O–H groups in total. The van der Waals surface area contributed by atoms with Crippen molar-refractivity contribution < 1.29 is 13.2 Å². The van der Waals surface area contributed by atoms with Crippen LogP contribution in [0.3, 0.4) is 0 Å². The molecule has 9 heteroatoms. The highest BCUT2D eigenvalue weighted by atomic mass is 32.2. The van der Waals surface area contributed by atoms with Crippen LogP contribution in [-0.4, -0.2) is 57.3 Å². The SMILES string of the molecule is CCNc1ccc(S(=O)(=O)N(C)C)cc1NCC(=O)N1CCc2sccc2C1. The van der Waals surface area contributed by atoms with Gasteiger partial charge in [0.2, 0.25) is 15.9 Å². The Morgan fingerprint density at radius 3 is 2.71 bits per heavy atom. The van der Waals surface area contributed by atoms with Crippen molar-refractivity contribution in [1.82, 2.24) is 9.21 Å². The van der Waals surface area contributed by atoms with Crippen molar-refractivity contribution >= 4 is 38.6 Å². The van der Waals surface area contributed by atoms with E-state index < -0.39 is 10.0 Å². The number of amides is 1. The van der Waals surface area contributed by atoms with Crippen LogP contribution in [0.25, 0.3) is 0 Å². The Labute approximate surface area is 170 Å². The molecule has 0 fully saturated rings. The smallest absolute Gasteiger partial charge is 0.242 e. The first-order valence-corrected chi connectivity index (χ1v) is 11.5. The zero-order valence-corrected chi connectivity index (χ0v) is 18.0. The largest absolute Gasteiger partial charge is 0.384 e. The van der Waals surface area contributed by atoms with Gasteiger partial charge in [0.05, 0.1) is 22.8 Å². The standard InChI is InChI=1S/C19H26N4O3S2/c1-4-20-16-6-5-15(28(25,26)22(2)3)11-17(16)21-12-19(24)23-9-7-18-14(13-23)8-10-27-18/h5-6,8,10-11,20-21H,4,7,9,12-13H2,1-3H3. The van der Waals surface area contributed by atoms with Gasteiger partial charge in [-0.1, -0.05) is 0 Å². The summed E-state index contributed by atoms with van der Waals surface area (Å²) in [5.41, 5.74) is 2.59. The first kappa shape index (κ1) is 20.6. The zero-order valence-electron chi connectivity index (χ0n) is 16.4. The average Bonchev–Trinajstić information content (AvgIpc) is 3.14. The maximum absolute atomic E-state index is 12.7. The van der Waals surface area contributed by atoms with Crippen molar-refractivity contribution in [2.45, 2.75) is 24.8 Å². The number of rotatable bonds is 7. The van der Waals surface area contributed by atoms with E-state index in [1.165, 1.54) is 28.8 Å². The molecule has 1 amide bonds. The fourth-order valence-electron chi connectivity index (χ4n) is 3.13. The molecule has 7 nitrogen and oxygen atoms in total. The highest BCUT2D eigenvalue weighted by molar-refractivity contribution is 7.89. The van der Waals surface area contributed by atoms with Gasteiger partial charge in [0.1, 0.15) is 0 Å². The van der Waals surface area contributed by atoms with Crippen LogP contribution in [0.1, 0.15) is 17.4 Å². The molecule has 152 valence electrons. The molecule has 28 heavy (non-hydrogen) atoms. The number of carbonyl (C=O) groups is 1. The third-order valence-electron chi connectivity index (χ3n) is 4.73. The second kappa shape index (κ2) is 8.50. The van der Waals surface area contributed by atoms with Gasteiger partial charge < -0.3 is 15.5 Å². The van der Waals surface area contributed by atoms with E-state index in [1.807, 2.05) is 11.8 Å². The molecule has 2 aromatic rings. The number of nitrogens with one attached hydrogen (secondary N) is 2. The number of hydrogen-bond acceptors (Lipinski definition) is 6. The van der Waals surface area contributed by atoms with Crippen LogP contribution in [0.15, 0.2) is 34.5 Å². The second-order valence-corrected chi connectivity index (χ2v) is 9.97. The van der Waals surface area contributed by atoms with Gasteiger partial charge in [-0.3, -0.25) is 4.79 Å². The molecule has 1 aromatic carbocycles. The van der Waals surface area contributed by atoms with Gasteiger partial charge in [0.15, 0.2) is 0 Å². The molecular weight excluding hydrogens is 396 g/mol. The molecule has 0 spiro atoms. The van der Waals surface area contributed by atoms with E-state index in [4.69, 9.17) is 0 Å². The number of benzene rings is 1. The minimum absolute atomic E-state index is 0.000156. The first-order valence-electron chi connectivity index (χ1n) is 9.20. The summed E-state index contributed by atoms with van der Waals surface area (Å²) in [6.07, 6.45) is 0.887. The van der Waals surface area contributed by atoms with Crippen LogP contribution in [0.2, 0.25) is 0 Å². The highest BCUT2D eigenvalue weighted by Crippen LogP contribution is 2.27. The molecule has 0 bridgehead atoms. The molecule has 3 rings (SSSR count). The summed E-state index contributed by atoms with van der Waals surface area (Å²) in [5, 5.41) is 8.40. The maximum Gasteiger partial charge on any atom is 0.242 e. The first-order chi connectivity index (χ1) is 13.3. The van der Waals surface area contributed by atoms with Crippen LogP contribution in [0, 0.1) is 0 Å². The quantitative estimate of drug-likeness (QED) is 0.716. The van der Waals surface area contributed by atoms with Crippen molar-refractivity contribution in [3.63, 3.8) is 0 Å². The van der Waals surface area contributed by atoms with Crippen molar-refractivity contribution in [2.24, 2.45) is 0 Å². The number of thiophene rings is 1. The third-order valence-corrected chi connectivity index (χ3v) is 7.56. The van der Waals surface area contributed by atoms with Gasteiger partial charge in [-0.2, -0.15) is 0 Å². The Bertz CT molecular complexity index is 954. The summed E-state index contributed by atoms with van der Waals surface area (Å²) in [4.78, 5) is 16.1. The summed E-state index contributed by atoms with van der Waals surface area (Å²) < 4.78 is 26.0. The molecule has 0 radical (unpaired) electrons. The Kier molecular flexibility index (Phi) is 6.26. The van der Waals surface area contributed by atoms with Crippen LogP contribution < -0.4 is 10.6 Å². The fourth-order valence-corrected chi connectivity index (χ4v) is 4.95. The van der Waals surface area contributed by atoms with Gasteiger partial charge in [0, 0.05) is 38.6 Å².